The molecule has 0 radical (unpaired) electrons. The molecule has 0 aliphatic heterocycles. The third kappa shape index (κ3) is 4.60. The van der Waals surface area contributed by atoms with Gasteiger partial charge in [0.05, 0.1) is 17.1 Å². The third-order valence-electron chi connectivity index (χ3n) is 2.47. The van der Waals surface area contributed by atoms with Gasteiger partial charge in [0.2, 0.25) is 10.0 Å². The van der Waals surface area contributed by atoms with Crippen LogP contribution in [-0.2, 0) is 14.8 Å². The summed E-state index contributed by atoms with van der Waals surface area (Å²) in [7, 11) is -3.98. The van der Waals surface area contributed by atoms with Gasteiger partial charge in [-0.1, -0.05) is 19.8 Å². The van der Waals surface area contributed by atoms with E-state index < -0.39 is 27.4 Å². The van der Waals surface area contributed by atoms with E-state index in [1.807, 2.05) is 6.92 Å². The first-order chi connectivity index (χ1) is 8.86. The Labute approximate surface area is 111 Å². The van der Waals surface area contributed by atoms with E-state index in [-0.39, 0.29) is 11.5 Å². The monoisotopic (exact) mass is 289 g/mol. The van der Waals surface area contributed by atoms with Crippen LogP contribution in [0.3, 0.4) is 0 Å². The molecule has 0 aliphatic carbocycles. The zero-order valence-electron chi connectivity index (χ0n) is 10.6. The van der Waals surface area contributed by atoms with E-state index in [9.17, 15) is 17.6 Å². The number of rotatable bonds is 6. The predicted molar refractivity (Wildman–Crippen MR) is 67.6 cm³/mol. The van der Waals surface area contributed by atoms with E-state index in [1.54, 1.807) is 0 Å². The van der Waals surface area contributed by atoms with Crippen molar-refractivity contribution in [3.63, 3.8) is 0 Å². The van der Waals surface area contributed by atoms with Crippen molar-refractivity contribution in [1.82, 2.24) is 0 Å². The van der Waals surface area contributed by atoms with Crippen molar-refractivity contribution < 1.29 is 22.3 Å². The van der Waals surface area contributed by atoms with Crippen LogP contribution in [-0.4, -0.2) is 21.0 Å². The SMILES string of the molecule is CCCCCOC(=O)c1cc(S(N)(=O)=O)ccc1F. The summed E-state index contributed by atoms with van der Waals surface area (Å²) >= 11 is 0. The summed E-state index contributed by atoms with van der Waals surface area (Å²) in [6, 6.07) is 2.76. The van der Waals surface area contributed by atoms with Crippen molar-refractivity contribution in [3.8, 4) is 0 Å². The summed E-state index contributed by atoms with van der Waals surface area (Å²) < 4.78 is 40.6. The molecule has 0 aromatic heterocycles. The quantitative estimate of drug-likeness (QED) is 0.639. The van der Waals surface area contributed by atoms with Gasteiger partial charge in [0.1, 0.15) is 5.82 Å². The standard InChI is InChI=1S/C12H16FNO4S/c1-2-3-4-7-18-12(15)10-8-9(19(14,16)17)5-6-11(10)13/h5-6,8H,2-4,7H2,1H3,(H2,14,16,17). The van der Waals surface area contributed by atoms with Crippen LogP contribution >= 0.6 is 0 Å². The Morgan fingerprint density at radius 2 is 2.05 bits per heavy atom. The Kier molecular flexibility index (Phi) is 5.44. The molecule has 0 saturated heterocycles. The maximum absolute atomic E-state index is 13.4. The fourth-order valence-electron chi connectivity index (χ4n) is 1.43. The van der Waals surface area contributed by atoms with Gasteiger partial charge in [0, 0.05) is 0 Å². The molecule has 0 fully saturated rings. The first-order valence-electron chi connectivity index (χ1n) is 5.85. The second kappa shape index (κ2) is 6.63. The number of hydrogen-bond acceptors (Lipinski definition) is 4. The van der Waals surface area contributed by atoms with Crippen LogP contribution < -0.4 is 5.14 Å². The fourth-order valence-corrected chi connectivity index (χ4v) is 1.97. The number of halogens is 1. The Balaban J connectivity index is 2.84. The molecular formula is C12H16FNO4S. The van der Waals surface area contributed by atoms with Gasteiger partial charge in [-0.3, -0.25) is 0 Å². The Morgan fingerprint density at radius 1 is 1.37 bits per heavy atom. The third-order valence-corrected chi connectivity index (χ3v) is 3.38. The average molecular weight is 289 g/mol. The summed E-state index contributed by atoms with van der Waals surface area (Å²) in [5.74, 6) is -1.73. The van der Waals surface area contributed by atoms with Crippen molar-refractivity contribution in [3.05, 3.63) is 29.6 Å². The second-order valence-corrected chi connectivity index (χ2v) is 5.59. The van der Waals surface area contributed by atoms with E-state index in [2.05, 4.69) is 0 Å². The fraction of sp³-hybridized carbons (Fsp3) is 0.417. The number of unbranched alkanes of at least 4 members (excludes halogenated alkanes) is 2. The highest BCUT2D eigenvalue weighted by molar-refractivity contribution is 7.89. The lowest BCUT2D eigenvalue weighted by atomic mass is 10.2. The van der Waals surface area contributed by atoms with Gasteiger partial charge in [0.25, 0.3) is 0 Å². The molecule has 2 N–H and O–H groups in total. The Hall–Kier alpha value is -1.47. The Morgan fingerprint density at radius 3 is 2.63 bits per heavy atom. The van der Waals surface area contributed by atoms with E-state index in [0.717, 1.165) is 31.0 Å². The van der Waals surface area contributed by atoms with Crippen LogP contribution in [0.4, 0.5) is 4.39 Å². The van der Waals surface area contributed by atoms with Crippen LogP contribution in [0.2, 0.25) is 0 Å². The summed E-state index contributed by atoms with van der Waals surface area (Å²) in [6.07, 6.45) is 2.54. The number of esters is 1. The molecular weight excluding hydrogens is 273 g/mol. The van der Waals surface area contributed by atoms with Crippen molar-refractivity contribution in [2.45, 2.75) is 31.1 Å². The van der Waals surface area contributed by atoms with E-state index >= 15 is 0 Å². The zero-order valence-corrected chi connectivity index (χ0v) is 11.4. The molecule has 0 unspecified atom stereocenters. The number of hydrogen-bond donors (Lipinski definition) is 1. The van der Waals surface area contributed by atoms with Crippen LogP contribution in [0.25, 0.3) is 0 Å². The number of primary sulfonamides is 1. The number of ether oxygens (including phenoxy) is 1. The molecule has 0 heterocycles. The molecule has 19 heavy (non-hydrogen) atoms. The van der Waals surface area contributed by atoms with Gasteiger partial charge in [-0.05, 0) is 24.6 Å². The lowest BCUT2D eigenvalue weighted by Crippen LogP contribution is -2.15. The molecule has 1 rings (SSSR count). The van der Waals surface area contributed by atoms with Crippen molar-refractivity contribution in [1.29, 1.82) is 0 Å². The lowest BCUT2D eigenvalue weighted by molar-refractivity contribution is 0.0492. The van der Waals surface area contributed by atoms with E-state index in [4.69, 9.17) is 9.88 Å². The lowest BCUT2D eigenvalue weighted by Gasteiger charge is -2.06. The molecule has 7 heteroatoms. The molecule has 0 atom stereocenters. The predicted octanol–water partition coefficient (Wildman–Crippen LogP) is 1.82. The highest BCUT2D eigenvalue weighted by Gasteiger charge is 2.17. The van der Waals surface area contributed by atoms with Gasteiger partial charge in [-0.25, -0.2) is 22.7 Å². The molecule has 106 valence electrons. The largest absolute Gasteiger partial charge is 0.462 e. The minimum absolute atomic E-state index is 0.172. The normalized spacial score (nSPS) is 11.3. The van der Waals surface area contributed by atoms with Crippen molar-refractivity contribution in [2.75, 3.05) is 6.61 Å². The maximum Gasteiger partial charge on any atom is 0.341 e. The van der Waals surface area contributed by atoms with Crippen molar-refractivity contribution in [2.24, 2.45) is 5.14 Å². The first kappa shape index (κ1) is 15.6. The highest BCUT2D eigenvalue weighted by atomic mass is 32.2. The maximum atomic E-state index is 13.4. The molecule has 0 bridgehead atoms. The summed E-state index contributed by atoms with van der Waals surface area (Å²) in [6.45, 7) is 2.17. The molecule has 0 amide bonds. The summed E-state index contributed by atoms with van der Waals surface area (Å²) in [4.78, 5) is 11.3. The first-order valence-corrected chi connectivity index (χ1v) is 7.40. The number of nitrogens with two attached hydrogens (primary N) is 1. The average Bonchev–Trinajstić information content (AvgIpc) is 2.33. The molecule has 1 aromatic rings. The number of sulfonamides is 1. The highest BCUT2D eigenvalue weighted by Crippen LogP contribution is 2.15. The topological polar surface area (TPSA) is 86.5 Å². The summed E-state index contributed by atoms with van der Waals surface area (Å²) in [5.41, 5.74) is -0.428. The smallest absolute Gasteiger partial charge is 0.341 e. The van der Waals surface area contributed by atoms with Crippen molar-refractivity contribution >= 4 is 16.0 Å². The number of benzene rings is 1. The van der Waals surface area contributed by atoms with Gasteiger partial charge in [-0.2, -0.15) is 0 Å². The van der Waals surface area contributed by atoms with E-state index in [1.165, 1.54) is 0 Å². The van der Waals surface area contributed by atoms with E-state index in [0.29, 0.717) is 6.42 Å². The summed E-state index contributed by atoms with van der Waals surface area (Å²) in [5, 5.41) is 4.91. The number of carbonyl (C=O) groups excluding carboxylic acids is 1. The van der Waals surface area contributed by atoms with Gasteiger partial charge in [-0.15, -0.1) is 0 Å². The van der Waals surface area contributed by atoms with Gasteiger partial charge < -0.3 is 4.74 Å². The Bertz CT molecular complexity index is 557. The second-order valence-electron chi connectivity index (χ2n) is 4.03. The van der Waals surface area contributed by atoms with Crippen LogP contribution in [0.5, 0.6) is 0 Å². The van der Waals surface area contributed by atoms with Gasteiger partial charge >= 0.3 is 5.97 Å². The minimum atomic E-state index is -3.98. The molecule has 0 saturated carbocycles. The van der Waals surface area contributed by atoms with Crippen LogP contribution in [0.1, 0.15) is 36.5 Å². The molecule has 0 aliphatic rings. The van der Waals surface area contributed by atoms with Crippen LogP contribution in [0, 0.1) is 5.82 Å². The molecule has 0 spiro atoms. The molecule has 5 nitrogen and oxygen atoms in total. The minimum Gasteiger partial charge on any atom is -0.462 e. The zero-order chi connectivity index (χ0) is 14.5. The molecule has 1 aromatic carbocycles. The van der Waals surface area contributed by atoms with Gasteiger partial charge in [0.15, 0.2) is 0 Å². The number of carbonyl (C=O) groups is 1. The van der Waals surface area contributed by atoms with Crippen LogP contribution in [0.15, 0.2) is 23.1 Å².